The molecular formula is C17H12BrFN4S. The normalized spacial score (nSPS) is 13.8. The molecule has 0 saturated carbocycles. The van der Waals surface area contributed by atoms with Gasteiger partial charge in [-0.2, -0.15) is 5.26 Å². The van der Waals surface area contributed by atoms with E-state index in [0.29, 0.717) is 27.1 Å². The second kappa shape index (κ2) is 5.72. The molecule has 0 radical (unpaired) electrons. The predicted molar refractivity (Wildman–Crippen MR) is 97.6 cm³/mol. The highest BCUT2D eigenvalue weighted by atomic mass is 79.9. The van der Waals surface area contributed by atoms with E-state index in [9.17, 15) is 9.65 Å². The first-order valence-corrected chi connectivity index (χ1v) is 8.98. The number of pyridine rings is 1. The van der Waals surface area contributed by atoms with Gasteiger partial charge in [0.15, 0.2) is 0 Å². The molecule has 1 aliphatic rings. The third-order valence-corrected chi connectivity index (χ3v) is 5.89. The quantitative estimate of drug-likeness (QED) is 0.661. The number of benzene rings is 1. The Morgan fingerprint density at radius 2 is 2.21 bits per heavy atom. The molecule has 7 heteroatoms. The SMILES string of the molecule is N#Cc1c(N)sc2c1CCN(c1ccc3cc(Br)c(F)cc3n1)C2. The maximum absolute atomic E-state index is 13.8. The minimum Gasteiger partial charge on any atom is -0.389 e. The van der Waals surface area contributed by atoms with Crippen molar-refractivity contribution >= 4 is 49.0 Å². The summed E-state index contributed by atoms with van der Waals surface area (Å²) in [6, 6.07) is 9.26. The zero-order valence-electron chi connectivity index (χ0n) is 12.5. The average molecular weight is 403 g/mol. The second-order valence-corrected chi connectivity index (χ2v) is 7.65. The Kier molecular flexibility index (Phi) is 3.66. The van der Waals surface area contributed by atoms with Crippen LogP contribution in [0.4, 0.5) is 15.2 Å². The predicted octanol–water partition coefficient (Wildman–Crippen LogP) is 4.21. The van der Waals surface area contributed by atoms with Gasteiger partial charge in [-0.1, -0.05) is 0 Å². The first-order valence-electron chi connectivity index (χ1n) is 7.37. The highest BCUT2D eigenvalue weighted by Gasteiger charge is 2.24. The van der Waals surface area contributed by atoms with Gasteiger partial charge in [-0.25, -0.2) is 9.37 Å². The largest absolute Gasteiger partial charge is 0.389 e. The van der Waals surface area contributed by atoms with Gasteiger partial charge in [0.25, 0.3) is 0 Å². The third kappa shape index (κ3) is 2.43. The summed E-state index contributed by atoms with van der Waals surface area (Å²) in [6.45, 7) is 1.43. The third-order valence-electron chi connectivity index (χ3n) is 4.24. The maximum Gasteiger partial charge on any atom is 0.139 e. The lowest BCUT2D eigenvalue weighted by Crippen LogP contribution is -2.30. The lowest BCUT2D eigenvalue weighted by atomic mass is 10.0. The van der Waals surface area contributed by atoms with Crippen LogP contribution in [0.15, 0.2) is 28.7 Å². The van der Waals surface area contributed by atoms with Gasteiger partial charge >= 0.3 is 0 Å². The molecular weight excluding hydrogens is 391 g/mol. The topological polar surface area (TPSA) is 65.9 Å². The Labute approximate surface area is 150 Å². The fourth-order valence-electron chi connectivity index (χ4n) is 3.03. The van der Waals surface area contributed by atoms with Gasteiger partial charge in [0.1, 0.15) is 22.7 Å². The zero-order valence-corrected chi connectivity index (χ0v) is 14.9. The molecule has 0 saturated heterocycles. The van der Waals surface area contributed by atoms with Crippen molar-refractivity contribution in [2.24, 2.45) is 0 Å². The second-order valence-electron chi connectivity index (χ2n) is 5.65. The van der Waals surface area contributed by atoms with E-state index in [0.717, 1.165) is 34.6 Å². The lowest BCUT2D eigenvalue weighted by Gasteiger charge is -2.28. The first-order chi connectivity index (χ1) is 11.6. The Balaban J connectivity index is 1.71. The van der Waals surface area contributed by atoms with E-state index in [4.69, 9.17) is 5.73 Å². The van der Waals surface area contributed by atoms with Gasteiger partial charge < -0.3 is 10.6 Å². The van der Waals surface area contributed by atoms with Gasteiger partial charge in [0.2, 0.25) is 0 Å². The van der Waals surface area contributed by atoms with Crippen LogP contribution in [0.1, 0.15) is 16.0 Å². The molecule has 4 rings (SSSR count). The molecule has 3 aromatic rings. The summed E-state index contributed by atoms with van der Waals surface area (Å²) in [5.74, 6) is 0.484. The van der Waals surface area contributed by atoms with Crippen LogP contribution in [0, 0.1) is 17.1 Å². The molecule has 0 bridgehead atoms. The Morgan fingerprint density at radius 3 is 3.00 bits per heavy atom. The zero-order chi connectivity index (χ0) is 16.8. The highest BCUT2D eigenvalue weighted by molar-refractivity contribution is 9.10. The molecule has 2 N–H and O–H groups in total. The molecule has 1 aromatic carbocycles. The number of fused-ring (bicyclic) bond motifs is 2. The number of anilines is 2. The minimum atomic E-state index is -0.322. The van der Waals surface area contributed by atoms with Crippen LogP contribution in [0.2, 0.25) is 0 Å². The molecule has 1 aliphatic heterocycles. The number of rotatable bonds is 1. The Hall–Kier alpha value is -2.17. The van der Waals surface area contributed by atoms with Crippen molar-refractivity contribution in [3.05, 3.63) is 50.6 Å². The van der Waals surface area contributed by atoms with Gasteiger partial charge in [-0.15, -0.1) is 11.3 Å². The summed E-state index contributed by atoms with van der Waals surface area (Å²) < 4.78 is 14.2. The van der Waals surface area contributed by atoms with Crippen molar-refractivity contribution in [2.75, 3.05) is 17.2 Å². The van der Waals surface area contributed by atoms with Gasteiger partial charge in [-0.05, 0) is 46.1 Å². The van der Waals surface area contributed by atoms with Crippen molar-refractivity contribution in [1.82, 2.24) is 4.98 Å². The number of nitrogens with two attached hydrogens (primary N) is 1. The Morgan fingerprint density at radius 1 is 1.38 bits per heavy atom. The van der Waals surface area contributed by atoms with E-state index in [1.807, 2.05) is 12.1 Å². The maximum atomic E-state index is 13.8. The molecule has 0 amide bonds. The molecule has 2 aromatic heterocycles. The van der Waals surface area contributed by atoms with Crippen LogP contribution < -0.4 is 10.6 Å². The number of nitrogens with zero attached hydrogens (tertiary/aromatic N) is 3. The fraction of sp³-hybridized carbons (Fsp3) is 0.176. The molecule has 0 atom stereocenters. The van der Waals surface area contributed by atoms with E-state index in [2.05, 4.69) is 31.9 Å². The monoisotopic (exact) mass is 402 g/mol. The van der Waals surface area contributed by atoms with Crippen molar-refractivity contribution < 1.29 is 4.39 Å². The molecule has 120 valence electrons. The average Bonchev–Trinajstić information content (AvgIpc) is 2.89. The number of thiophene rings is 1. The summed E-state index contributed by atoms with van der Waals surface area (Å²) in [5.41, 5.74) is 8.24. The van der Waals surface area contributed by atoms with Crippen LogP contribution in [-0.2, 0) is 13.0 Å². The molecule has 4 nitrogen and oxygen atoms in total. The smallest absolute Gasteiger partial charge is 0.139 e. The van der Waals surface area contributed by atoms with Crippen LogP contribution in [0.5, 0.6) is 0 Å². The summed E-state index contributed by atoms with van der Waals surface area (Å²) in [7, 11) is 0. The van der Waals surface area contributed by atoms with Crippen LogP contribution in [-0.4, -0.2) is 11.5 Å². The van der Waals surface area contributed by atoms with Crippen molar-refractivity contribution in [1.29, 1.82) is 5.26 Å². The molecule has 3 heterocycles. The van der Waals surface area contributed by atoms with Crippen LogP contribution in [0.3, 0.4) is 0 Å². The summed E-state index contributed by atoms with van der Waals surface area (Å²) >= 11 is 4.66. The number of aromatic nitrogens is 1. The van der Waals surface area contributed by atoms with Crippen molar-refractivity contribution in [2.45, 2.75) is 13.0 Å². The molecule has 24 heavy (non-hydrogen) atoms. The standard InChI is InChI=1S/C17H12BrFN4S/c18-12-5-9-1-2-16(22-14(9)6-13(12)19)23-4-3-10-11(7-20)17(21)24-15(10)8-23/h1-2,5-6H,3-4,8,21H2. The van der Waals surface area contributed by atoms with E-state index >= 15 is 0 Å². The molecule has 0 fully saturated rings. The lowest BCUT2D eigenvalue weighted by molar-refractivity contribution is 0.622. The van der Waals surface area contributed by atoms with E-state index in [1.165, 1.54) is 17.4 Å². The van der Waals surface area contributed by atoms with Gasteiger partial charge in [0, 0.05) is 22.9 Å². The van der Waals surface area contributed by atoms with Crippen molar-refractivity contribution in [3.63, 3.8) is 0 Å². The van der Waals surface area contributed by atoms with E-state index < -0.39 is 0 Å². The van der Waals surface area contributed by atoms with E-state index in [1.54, 1.807) is 6.07 Å². The van der Waals surface area contributed by atoms with Gasteiger partial charge in [-0.3, -0.25) is 0 Å². The fourth-order valence-corrected chi connectivity index (χ4v) is 4.47. The number of halogens is 2. The molecule has 0 spiro atoms. The Bertz CT molecular complexity index is 1010. The number of nitrogen functional groups attached to an aromatic ring is 1. The first kappa shape index (κ1) is 15.4. The summed E-state index contributed by atoms with van der Waals surface area (Å²) in [6.07, 6.45) is 0.764. The number of hydrogen-bond donors (Lipinski definition) is 1. The van der Waals surface area contributed by atoms with E-state index in [-0.39, 0.29) is 5.82 Å². The van der Waals surface area contributed by atoms with Crippen LogP contribution in [0.25, 0.3) is 10.9 Å². The molecule has 0 unspecified atom stereocenters. The summed E-state index contributed by atoms with van der Waals surface area (Å²) in [4.78, 5) is 7.84. The number of hydrogen-bond acceptors (Lipinski definition) is 5. The molecule has 0 aliphatic carbocycles. The minimum absolute atomic E-state index is 0.322. The number of nitriles is 1. The van der Waals surface area contributed by atoms with Gasteiger partial charge in [0.05, 0.1) is 22.1 Å². The summed E-state index contributed by atoms with van der Waals surface area (Å²) in [5, 5.41) is 10.7. The van der Waals surface area contributed by atoms with Crippen molar-refractivity contribution in [3.8, 4) is 6.07 Å². The van der Waals surface area contributed by atoms with Crippen LogP contribution >= 0.6 is 27.3 Å². The highest BCUT2D eigenvalue weighted by Crippen LogP contribution is 2.36.